The van der Waals surface area contributed by atoms with Crippen molar-refractivity contribution >= 4 is 11.4 Å². The molecule has 2 rings (SSSR count). The van der Waals surface area contributed by atoms with Crippen molar-refractivity contribution < 1.29 is 41.6 Å². The van der Waals surface area contributed by atoms with Crippen LogP contribution < -0.4 is 35.4 Å². The Morgan fingerprint density at radius 2 is 0.821 bits per heavy atom. The molecule has 3 nitrogen and oxygen atoms in total. The zero-order valence-electron chi connectivity index (χ0n) is 26.4. The monoisotopic (exact) mass is 622 g/mol. The van der Waals surface area contributed by atoms with Crippen molar-refractivity contribution in [2.24, 2.45) is 0 Å². The molecule has 2 aromatic rings. The Labute approximate surface area is 264 Å². The van der Waals surface area contributed by atoms with E-state index in [2.05, 4.69) is 116 Å². The zero-order valence-corrected chi connectivity index (χ0v) is 29.0. The summed E-state index contributed by atoms with van der Waals surface area (Å²) in [6, 6.07) is 9.45. The molecule has 6 heteroatoms. The minimum Gasteiger partial charge on any atom is -1.00 e. The molecule has 0 saturated heterocycles. The summed E-state index contributed by atoms with van der Waals surface area (Å²) in [6.45, 7) is 27.1. The van der Waals surface area contributed by atoms with Crippen LogP contribution in [0.5, 0.6) is 0 Å². The first kappa shape index (κ1) is 40.2. The van der Waals surface area contributed by atoms with Crippen molar-refractivity contribution in [1.29, 1.82) is 0 Å². The molecule has 0 heterocycles. The molecule has 2 aromatic carbocycles. The first-order valence-corrected chi connectivity index (χ1v) is 14.4. The normalized spacial score (nSPS) is 11.1. The molecule has 0 bridgehead atoms. The number of hydrogen-bond acceptors (Lipinski definition) is 3. The average molecular weight is 624 g/mol. The van der Waals surface area contributed by atoms with Crippen molar-refractivity contribution in [3.8, 4) is 0 Å². The maximum absolute atomic E-state index is 3.81. The van der Waals surface area contributed by atoms with Gasteiger partial charge in [0.05, 0.1) is 0 Å². The largest absolute Gasteiger partial charge is 2.00 e. The van der Waals surface area contributed by atoms with Crippen LogP contribution in [0.2, 0.25) is 0 Å². The van der Waals surface area contributed by atoms with E-state index >= 15 is 0 Å². The topological polar surface area (TPSA) is 27.3 Å². The Morgan fingerprint density at radius 1 is 0.564 bits per heavy atom. The van der Waals surface area contributed by atoms with Gasteiger partial charge >= 0.3 is 16.8 Å². The summed E-state index contributed by atoms with van der Waals surface area (Å²) in [5.41, 5.74) is 11.3. The average Bonchev–Trinajstić information content (AvgIpc) is 2.79. The van der Waals surface area contributed by atoms with Gasteiger partial charge in [0.15, 0.2) is 0 Å². The van der Waals surface area contributed by atoms with E-state index < -0.39 is 0 Å². The van der Waals surface area contributed by atoms with Gasteiger partial charge in [-0.3, -0.25) is 0 Å². The first-order valence-electron chi connectivity index (χ1n) is 14.4. The molecule has 0 aliphatic rings. The van der Waals surface area contributed by atoms with E-state index in [1.807, 2.05) is 0 Å². The van der Waals surface area contributed by atoms with Crippen LogP contribution in [0.4, 0.5) is 11.4 Å². The number of benzene rings is 2. The quantitative estimate of drug-likeness (QED) is 0.317. The number of aryl methyl sites for hydroxylation is 2. The zero-order chi connectivity index (χ0) is 27.0. The fraction of sp³-hybridized carbons (Fsp3) is 0.636. The number of anilines is 2. The molecule has 0 atom stereocenters. The molecule has 0 aromatic heterocycles. The van der Waals surface area contributed by atoms with Gasteiger partial charge in [0.25, 0.3) is 0 Å². The van der Waals surface area contributed by atoms with Gasteiger partial charge in [-0.25, -0.2) is 0 Å². The molecule has 0 fully saturated rings. The van der Waals surface area contributed by atoms with E-state index in [4.69, 9.17) is 0 Å². The third-order valence-corrected chi connectivity index (χ3v) is 7.21. The van der Waals surface area contributed by atoms with Gasteiger partial charge < -0.3 is 40.3 Å². The number of nitrogens with zero attached hydrogens (tertiary/aromatic N) is 1. The summed E-state index contributed by atoms with van der Waals surface area (Å²) in [5.74, 6) is 2.11. The number of rotatable bonds is 14. The number of nitrogens with one attached hydrogen (secondary N) is 2. The molecule has 0 unspecified atom stereocenters. The van der Waals surface area contributed by atoms with E-state index in [0.717, 1.165) is 39.0 Å². The predicted molar refractivity (Wildman–Crippen MR) is 162 cm³/mol. The molecular weight excluding hydrogens is 568 g/mol. The van der Waals surface area contributed by atoms with Crippen LogP contribution in [0.15, 0.2) is 24.3 Å². The van der Waals surface area contributed by atoms with E-state index in [1.54, 1.807) is 0 Å². The smallest absolute Gasteiger partial charge is 1.00 e. The van der Waals surface area contributed by atoms with Crippen molar-refractivity contribution in [3.05, 3.63) is 57.6 Å². The second kappa shape index (κ2) is 19.3. The van der Waals surface area contributed by atoms with E-state index in [0.29, 0.717) is 23.7 Å². The fourth-order valence-electron chi connectivity index (χ4n) is 5.15. The molecule has 0 amide bonds. The van der Waals surface area contributed by atoms with Gasteiger partial charge in [-0.1, -0.05) is 90.8 Å². The SMILES string of the molecule is Cc1cc(C(C)C)c(NCCCN(C)CCCNc2c(C(C)C)cc(C)cc2C(C)C)c(C(C)C)c1.[Cl-].[Cl-].[Co+2]. The van der Waals surface area contributed by atoms with Crippen LogP contribution in [-0.2, 0) is 16.8 Å². The fourth-order valence-corrected chi connectivity index (χ4v) is 5.15. The van der Waals surface area contributed by atoms with Crippen molar-refractivity contribution in [2.75, 3.05) is 43.9 Å². The summed E-state index contributed by atoms with van der Waals surface area (Å²) in [7, 11) is 2.26. The Kier molecular flexibility index (Phi) is 19.9. The maximum Gasteiger partial charge on any atom is 2.00 e. The number of halogens is 2. The van der Waals surface area contributed by atoms with Crippen LogP contribution in [0.1, 0.15) is 125 Å². The van der Waals surface area contributed by atoms with Gasteiger partial charge in [-0.05, 0) is 92.8 Å². The van der Waals surface area contributed by atoms with Crippen molar-refractivity contribution in [3.63, 3.8) is 0 Å². The van der Waals surface area contributed by atoms with Crippen LogP contribution in [-0.4, -0.2) is 38.1 Å². The van der Waals surface area contributed by atoms with E-state index in [-0.39, 0.29) is 41.6 Å². The summed E-state index contributed by atoms with van der Waals surface area (Å²) in [5, 5.41) is 7.63. The number of hydrogen-bond donors (Lipinski definition) is 2. The van der Waals surface area contributed by atoms with Crippen LogP contribution in [0.3, 0.4) is 0 Å². The first-order chi connectivity index (χ1) is 16.9. The van der Waals surface area contributed by atoms with Crippen LogP contribution in [0.25, 0.3) is 0 Å². The summed E-state index contributed by atoms with van der Waals surface area (Å²) in [4.78, 5) is 2.48. The Hall–Kier alpha value is -0.914. The van der Waals surface area contributed by atoms with Crippen molar-refractivity contribution in [1.82, 2.24) is 4.90 Å². The van der Waals surface area contributed by atoms with E-state index in [9.17, 15) is 0 Å². The molecular formula is C33H55Cl2CoN3. The summed E-state index contributed by atoms with van der Waals surface area (Å²) in [6.07, 6.45) is 2.31. The molecule has 1 radical (unpaired) electrons. The third kappa shape index (κ3) is 12.2. The summed E-state index contributed by atoms with van der Waals surface area (Å²) < 4.78 is 0. The standard InChI is InChI=1S/C33H55N3.2ClH.Co/c1-22(2)28-18-26(9)19-29(23(3)4)32(28)34-14-12-16-36(11)17-13-15-35-33-30(24(5)6)20-27(10)21-31(33)25(7)8;;;/h18-25,34-35H,12-17H2,1-11H3;2*1H;/q;;;+2/p-2. The Bertz CT molecular complexity index is 838. The van der Waals surface area contributed by atoms with Gasteiger partial charge in [-0.15, -0.1) is 0 Å². The molecule has 225 valence electrons. The van der Waals surface area contributed by atoms with Gasteiger partial charge in [-0.2, -0.15) is 0 Å². The minimum atomic E-state index is 0. The molecule has 0 saturated carbocycles. The second-order valence-electron chi connectivity index (χ2n) is 12.1. The molecule has 0 aliphatic heterocycles. The molecule has 2 N–H and O–H groups in total. The predicted octanol–water partition coefficient (Wildman–Crippen LogP) is 3.04. The molecule has 0 spiro atoms. The molecule has 0 aliphatic carbocycles. The van der Waals surface area contributed by atoms with Crippen LogP contribution in [0, 0.1) is 13.8 Å². The third-order valence-electron chi connectivity index (χ3n) is 7.21. The maximum atomic E-state index is 3.81. The van der Waals surface area contributed by atoms with Crippen molar-refractivity contribution in [2.45, 2.75) is 106 Å². The summed E-state index contributed by atoms with van der Waals surface area (Å²) >= 11 is 0. The minimum absolute atomic E-state index is 0. The van der Waals surface area contributed by atoms with Crippen LogP contribution >= 0.6 is 0 Å². The Balaban J connectivity index is 0. The van der Waals surface area contributed by atoms with Gasteiger partial charge in [0.1, 0.15) is 0 Å². The molecule has 39 heavy (non-hydrogen) atoms. The Morgan fingerprint density at radius 3 is 1.05 bits per heavy atom. The second-order valence-corrected chi connectivity index (χ2v) is 12.1. The van der Waals surface area contributed by atoms with Gasteiger partial charge in [0, 0.05) is 24.5 Å². The van der Waals surface area contributed by atoms with Gasteiger partial charge in [0.2, 0.25) is 0 Å². The van der Waals surface area contributed by atoms with E-state index in [1.165, 1.54) is 44.8 Å².